The van der Waals surface area contributed by atoms with E-state index in [0.29, 0.717) is 11.1 Å². The van der Waals surface area contributed by atoms with Crippen molar-refractivity contribution < 1.29 is 23.0 Å². The largest absolute Gasteiger partial charge is 0.435 e. The topological polar surface area (TPSA) is 29.5 Å². The van der Waals surface area contributed by atoms with Gasteiger partial charge in [0.25, 0.3) is 0 Å². The lowest BCUT2D eigenvalue weighted by Crippen LogP contribution is -2.05. The number of alkyl halides is 2. The fourth-order valence-electron chi connectivity index (χ4n) is 1.93. The molecule has 0 saturated carbocycles. The monoisotopic (exact) mass is 360 g/mol. The molecule has 1 atom stereocenters. The Hall–Kier alpha value is -1.53. The van der Waals surface area contributed by atoms with Crippen molar-refractivity contribution in [2.45, 2.75) is 19.1 Å². The molecule has 0 aliphatic carbocycles. The molecule has 1 N–H and O–H groups in total. The highest BCUT2D eigenvalue weighted by Crippen LogP contribution is 2.27. The number of benzene rings is 2. The summed E-state index contributed by atoms with van der Waals surface area (Å²) in [6, 6.07) is 10.3. The van der Waals surface area contributed by atoms with Crippen LogP contribution >= 0.6 is 15.9 Å². The standard InChI is InChI=1S/C15H12BrF3O2/c16-14-10(4-2-6-12(14)17)8-13(20)9-3-1-5-11(7-9)21-15(18)19/h1-7,13,15,20H,8H2. The van der Waals surface area contributed by atoms with Gasteiger partial charge in [0.05, 0.1) is 10.6 Å². The van der Waals surface area contributed by atoms with Crippen LogP contribution in [0.25, 0.3) is 0 Å². The molecule has 2 aromatic carbocycles. The third-order valence-electron chi connectivity index (χ3n) is 2.91. The molecule has 2 nitrogen and oxygen atoms in total. The van der Waals surface area contributed by atoms with Crippen LogP contribution in [-0.4, -0.2) is 11.7 Å². The summed E-state index contributed by atoms with van der Waals surface area (Å²) in [6.07, 6.45) is -0.805. The van der Waals surface area contributed by atoms with Gasteiger partial charge in [-0.1, -0.05) is 24.3 Å². The van der Waals surface area contributed by atoms with Crippen LogP contribution in [0.5, 0.6) is 5.75 Å². The van der Waals surface area contributed by atoms with Gasteiger partial charge in [-0.15, -0.1) is 0 Å². The molecule has 0 fully saturated rings. The number of aliphatic hydroxyl groups excluding tert-OH is 1. The Bertz CT molecular complexity index is 620. The SMILES string of the molecule is OC(Cc1cccc(F)c1Br)c1cccc(OC(F)F)c1. The molecule has 0 heterocycles. The zero-order valence-corrected chi connectivity index (χ0v) is 12.4. The zero-order valence-electron chi connectivity index (χ0n) is 10.8. The fourth-order valence-corrected chi connectivity index (χ4v) is 2.36. The van der Waals surface area contributed by atoms with Gasteiger partial charge >= 0.3 is 6.61 Å². The normalized spacial score (nSPS) is 12.5. The lowest BCUT2D eigenvalue weighted by molar-refractivity contribution is -0.0499. The van der Waals surface area contributed by atoms with Crippen LogP contribution in [-0.2, 0) is 6.42 Å². The van der Waals surface area contributed by atoms with Crippen LogP contribution in [0.2, 0.25) is 0 Å². The molecular weight excluding hydrogens is 349 g/mol. The molecule has 6 heteroatoms. The smallest absolute Gasteiger partial charge is 0.387 e. The Labute approximate surface area is 128 Å². The molecule has 21 heavy (non-hydrogen) atoms. The molecule has 0 aromatic heterocycles. The third kappa shape index (κ3) is 4.22. The van der Waals surface area contributed by atoms with Crippen molar-refractivity contribution in [3.8, 4) is 5.75 Å². The van der Waals surface area contributed by atoms with Gasteiger partial charge < -0.3 is 9.84 Å². The number of rotatable bonds is 5. The first-order chi connectivity index (χ1) is 9.97. The summed E-state index contributed by atoms with van der Waals surface area (Å²) in [5, 5.41) is 10.2. The van der Waals surface area contributed by atoms with Crippen molar-refractivity contribution in [2.75, 3.05) is 0 Å². The summed E-state index contributed by atoms with van der Waals surface area (Å²) in [7, 11) is 0. The summed E-state index contributed by atoms with van der Waals surface area (Å²) in [5.41, 5.74) is 1.01. The van der Waals surface area contributed by atoms with Crippen molar-refractivity contribution in [2.24, 2.45) is 0 Å². The van der Waals surface area contributed by atoms with Crippen molar-refractivity contribution in [3.05, 3.63) is 63.9 Å². The zero-order chi connectivity index (χ0) is 15.4. The van der Waals surface area contributed by atoms with Crippen molar-refractivity contribution in [3.63, 3.8) is 0 Å². The Balaban J connectivity index is 2.16. The minimum absolute atomic E-state index is 0.0279. The summed E-state index contributed by atoms with van der Waals surface area (Å²) >= 11 is 3.12. The molecule has 0 radical (unpaired) electrons. The average molecular weight is 361 g/mol. The van der Waals surface area contributed by atoms with Gasteiger partial charge in [-0.05, 0) is 45.3 Å². The predicted molar refractivity (Wildman–Crippen MR) is 75.8 cm³/mol. The van der Waals surface area contributed by atoms with E-state index in [2.05, 4.69) is 20.7 Å². The van der Waals surface area contributed by atoms with Gasteiger partial charge in [0.2, 0.25) is 0 Å². The molecule has 0 spiro atoms. The minimum Gasteiger partial charge on any atom is -0.435 e. The number of halogens is 4. The minimum atomic E-state index is -2.92. The maximum Gasteiger partial charge on any atom is 0.387 e. The van der Waals surface area contributed by atoms with Crippen LogP contribution in [0, 0.1) is 5.82 Å². The third-order valence-corrected chi connectivity index (χ3v) is 3.80. The Morgan fingerprint density at radius 2 is 1.86 bits per heavy atom. The van der Waals surface area contributed by atoms with Gasteiger partial charge in [0.15, 0.2) is 0 Å². The van der Waals surface area contributed by atoms with Gasteiger partial charge in [0, 0.05) is 6.42 Å². The van der Waals surface area contributed by atoms with Gasteiger partial charge in [-0.25, -0.2) is 4.39 Å². The van der Waals surface area contributed by atoms with Crippen molar-refractivity contribution in [1.82, 2.24) is 0 Å². The van der Waals surface area contributed by atoms with E-state index in [1.165, 1.54) is 24.3 Å². The van der Waals surface area contributed by atoms with E-state index in [4.69, 9.17) is 0 Å². The maximum atomic E-state index is 13.4. The van der Waals surface area contributed by atoms with E-state index in [-0.39, 0.29) is 16.6 Å². The quantitative estimate of drug-likeness (QED) is 0.852. The first-order valence-corrected chi connectivity index (χ1v) is 6.92. The number of ether oxygens (including phenoxy) is 1. The van der Waals surface area contributed by atoms with E-state index in [1.807, 2.05) is 0 Å². The summed E-state index contributed by atoms with van der Waals surface area (Å²) in [4.78, 5) is 0. The first-order valence-electron chi connectivity index (χ1n) is 6.13. The van der Waals surface area contributed by atoms with Crippen LogP contribution < -0.4 is 4.74 Å². The summed E-state index contributed by atoms with van der Waals surface area (Å²) in [6.45, 7) is -2.92. The number of hydrogen-bond donors (Lipinski definition) is 1. The lowest BCUT2D eigenvalue weighted by atomic mass is 10.0. The molecule has 1 unspecified atom stereocenters. The van der Waals surface area contributed by atoms with Crippen LogP contribution in [0.15, 0.2) is 46.9 Å². The van der Waals surface area contributed by atoms with E-state index in [9.17, 15) is 18.3 Å². The maximum absolute atomic E-state index is 13.4. The molecule has 112 valence electrons. The van der Waals surface area contributed by atoms with Crippen molar-refractivity contribution in [1.29, 1.82) is 0 Å². The number of hydrogen-bond acceptors (Lipinski definition) is 2. The van der Waals surface area contributed by atoms with E-state index in [1.54, 1.807) is 18.2 Å². The summed E-state index contributed by atoms with van der Waals surface area (Å²) < 4.78 is 42.3. The highest BCUT2D eigenvalue weighted by Gasteiger charge is 2.14. The van der Waals surface area contributed by atoms with Gasteiger partial charge in [-0.2, -0.15) is 8.78 Å². The molecule has 0 aliphatic rings. The molecule has 0 aliphatic heterocycles. The molecular formula is C15H12BrF3O2. The predicted octanol–water partition coefficient (Wildman–Crippen LogP) is 4.47. The van der Waals surface area contributed by atoms with Crippen LogP contribution in [0.1, 0.15) is 17.2 Å². The van der Waals surface area contributed by atoms with E-state index >= 15 is 0 Å². The fraction of sp³-hybridized carbons (Fsp3) is 0.200. The van der Waals surface area contributed by atoms with Crippen molar-refractivity contribution >= 4 is 15.9 Å². The number of aliphatic hydroxyl groups is 1. The van der Waals surface area contributed by atoms with E-state index in [0.717, 1.165) is 0 Å². The Morgan fingerprint density at radius 3 is 2.57 bits per heavy atom. The van der Waals surface area contributed by atoms with Crippen LogP contribution in [0.4, 0.5) is 13.2 Å². The Kier molecular flexibility index (Phi) is 5.25. The second-order valence-electron chi connectivity index (χ2n) is 4.38. The lowest BCUT2D eigenvalue weighted by Gasteiger charge is -2.14. The van der Waals surface area contributed by atoms with Gasteiger partial charge in [-0.3, -0.25) is 0 Å². The highest BCUT2D eigenvalue weighted by molar-refractivity contribution is 9.10. The summed E-state index contributed by atoms with van der Waals surface area (Å²) in [5.74, 6) is -0.450. The molecule has 0 saturated heterocycles. The Morgan fingerprint density at radius 1 is 1.14 bits per heavy atom. The highest BCUT2D eigenvalue weighted by atomic mass is 79.9. The molecule has 2 rings (SSSR count). The van der Waals surface area contributed by atoms with Crippen LogP contribution in [0.3, 0.4) is 0 Å². The van der Waals surface area contributed by atoms with E-state index < -0.39 is 18.5 Å². The average Bonchev–Trinajstić information content (AvgIpc) is 2.43. The molecule has 0 bridgehead atoms. The molecule has 0 amide bonds. The second kappa shape index (κ2) is 6.95. The second-order valence-corrected chi connectivity index (χ2v) is 5.18. The van der Waals surface area contributed by atoms with Gasteiger partial charge in [0.1, 0.15) is 11.6 Å². The first kappa shape index (κ1) is 15.9. The molecule has 2 aromatic rings.